The number of nitrogens with zero attached hydrogens (tertiary/aromatic N) is 4. The molecule has 0 aliphatic rings. The lowest BCUT2D eigenvalue weighted by Crippen LogP contribution is -2.29. The number of imidazole rings is 1. The van der Waals surface area contributed by atoms with Gasteiger partial charge in [0.1, 0.15) is 5.75 Å². The Kier molecular flexibility index (Phi) is 5.93. The molecule has 1 aromatic carbocycles. The number of nitrogens with one attached hydrogen (secondary N) is 2. The molecule has 0 atom stereocenters. The number of benzene rings is 1. The first-order valence-electron chi connectivity index (χ1n) is 9.26. The molecule has 0 saturated heterocycles. The molecule has 0 fully saturated rings. The number of H-pyrrole nitrogens is 1. The lowest BCUT2D eigenvalue weighted by atomic mass is 10.2. The minimum absolute atomic E-state index is 0.323. The largest absolute Gasteiger partial charge is 0.494 e. The average molecular weight is 384 g/mol. The minimum atomic E-state index is -0.498. The highest BCUT2D eigenvalue weighted by Crippen LogP contribution is 2.16. The van der Waals surface area contributed by atoms with Crippen molar-refractivity contribution in [3.8, 4) is 5.75 Å². The van der Waals surface area contributed by atoms with Gasteiger partial charge < -0.3 is 9.30 Å². The van der Waals surface area contributed by atoms with Crippen LogP contribution in [0.2, 0.25) is 0 Å². The standard InChI is InChI=1S/C19H24N6O3/c1-4-6-11-25-15-16(24(3)19(27)22-17(15)26)21-18(25)23-20-12-13-7-9-14(10-8-13)28-5-2/h7-10,12H,4-6,11H2,1-3H3,(H,21,23)(H,22,26,27)/b20-12-. The molecule has 0 amide bonds. The van der Waals surface area contributed by atoms with Crippen LogP contribution in [-0.2, 0) is 13.6 Å². The minimum Gasteiger partial charge on any atom is -0.494 e. The van der Waals surface area contributed by atoms with Crippen molar-refractivity contribution < 1.29 is 4.74 Å². The summed E-state index contributed by atoms with van der Waals surface area (Å²) in [5, 5.41) is 4.23. The first-order chi connectivity index (χ1) is 13.5. The van der Waals surface area contributed by atoms with Gasteiger partial charge in [-0.25, -0.2) is 10.2 Å². The summed E-state index contributed by atoms with van der Waals surface area (Å²) in [5.41, 5.74) is 3.51. The highest BCUT2D eigenvalue weighted by Gasteiger charge is 2.16. The fourth-order valence-corrected chi connectivity index (χ4v) is 2.84. The van der Waals surface area contributed by atoms with Crippen molar-refractivity contribution >= 4 is 23.3 Å². The van der Waals surface area contributed by atoms with Crippen molar-refractivity contribution in [3.05, 3.63) is 50.7 Å². The molecule has 0 aliphatic carbocycles. The molecule has 2 N–H and O–H groups in total. The van der Waals surface area contributed by atoms with Crippen molar-refractivity contribution in [1.29, 1.82) is 0 Å². The molecule has 28 heavy (non-hydrogen) atoms. The zero-order chi connectivity index (χ0) is 20.1. The summed E-state index contributed by atoms with van der Waals surface area (Å²) >= 11 is 0. The quantitative estimate of drug-likeness (QED) is 0.457. The molecular formula is C19H24N6O3. The zero-order valence-corrected chi connectivity index (χ0v) is 16.2. The number of rotatable bonds is 8. The van der Waals surface area contributed by atoms with Crippen LogP contribution in [0.5, 0.6) is 5.75 Å². The van der Waals surface area contributed by atoms with Crippen LogP contribution in [-0.4, -0.2) is 31.9 Å². The normalized spacial score (nSPS) is 11.4. The number of aromatic amines is 1. The number of hydrogen-bond acceptors (Lipinski definition) is 6. The SMILES string of the molecule is CCCCn1c(N/N=C\c2ccc(OCC)cc2)nc2c1c(=O)[nH]c(=O)n2C. The molecule has 0 saturated carbocycles. The van der Waals surface area contributed by atoms with Gasteiger partial charge in [-0.15, -0.1) is 0 Å². The number of anilines is 1. The van der Waals surface area contributed by atoms with Gasteiger partial charge in [-0.05, 0) is 43.2 Å². The van der Waals surface area contributed by atoms with Crippen molar-refractivity contribution in [2.75, 3.05) is 12.0 Å². The summed E-state index contributed by atoms with van der Waals surface area (Å²) in [6.07, 6.45) is 3.48. The van der Waals surface area contributed by atoms with Gasteiger partial charge in [-0.2, -0.15) is 10.1 Å². The van der Waals surface area contributed by atoms with Crippen molar-refractivity contribution in [2.24, 2.45) is 12.1 Å². The zero-order valence-electron chi connectivity index (χ0n) is 16.2. The van der Waals surface area contributed by atoms with E-state index in [9.17, 15) is 9.59 Å². The molecule has 3 rings (SSSR count). The van der Waals surface area contributed by atoms with E-state index in [0.717, 1.165) is 24.2 Å². The molecule has 148 valence electrons. The van der Waals surface area contributed by atoms with E-state index in [1.165, 1.54) is 4.57 Å². The smallest absolute Gasteiger partial charge is 0.329 e. The van der Waals surface area contributed by atoms with E-state index in [-0.39, 0.29) is 0 Å². The van der Waals surface area contributed by atoms with E-state index in [4.69, 9.17) is 4.74 Å². The topological polar surface area (TPSA) is 106 Å². The van der Waals surface area contributed by atoms with E-state index in [1.807, 2.05) is 31.2 Å². The summed E-state index contributed by atoms with van der Waals surface area (Å²) in [4.78, 5) is 30.9. The number of fused-ring (bicyclic) bond motifs is 1. The van der Waals surface area contributed by atoms with Crippen LogP contribution in [0.3, 0.4) is 0 Å². The van der Waals surface area contributed by atoms with Crippen molar-refractivity contribution in [3.63, 3.8) is 0 Å². The molecule has 0 unspecified atom stereocenters. The maximum atomic E-state index is 12.3. The van der Waals surface area contributed by atoms with Crippen LogP contribution < -0.4 is 21.4 Å². The Bertz CT molecular complexity index is 1090. The van der Waals surface area contributed by atoms with Gasteiger partial charge in [0.25, 0.3) is 5.56 Å². The fourth-order valence-electron chi connectivity index (χ4n) is 2.84. The predicted octanol–water partition coefficient (Wildman–Crippen LogP) is 2.07. The predicted molar refractivity (Wildman–Crippen MR) is 109 cm³/mol. The number of hydrogen-bond donors (Lipinski definition) is 2. The second-order valence-electron chi connectivity index (χ2n) is 6.30. The first kappa shape index (κ1) is 19.4. The lowest BCUT2D eigenvalue weighted by molar-refractivity contribution is 0.340. The van der Waals surface area contributed by atoms with Gasteiger partial charge in [-0.1, -0.05) is 13.3 Å². The Balaban J connectivity index is 1.91. The molecule has 0 spiro atoms. The van der Waals surface area contributed by atoms with E-state index < -0.39 is 11.2 Å². The average Bonchev–Trinajstić information content (AvgIpc) is 3.05. The molecule has 0 radical (unpaired) electrons. The highest BCUT2D eigenvalue weighted by atomic mass is 16.5. The number of aryl methyl sites for hydroxylation is 2. The summed E-state index contributed by atoms with van der Waals surface area (Å²) in [5.74, 6) is 1.21. The van der Waals surface area contributed by atoms with Crippen LogP contribution in [0.25, 0.3) is 11.2 Å². The molecule has 0 bridgehead atoms. The molecular weight excluding hydrogens is 360 g/mol. The molecule has 3 aromatic rings. The Hall–Kier alpha value is -3.36. The van der Waals surface area contributed by atoms with Gasteiger partial charge in [0.15, 0.2) is 11.2 Å². The Morgan fingerprint density at radius 1 is 1.25 bits per heavy atom. The Labute approximate surface area is 161 Å². The third kappa shape index (κ3) is 3.98. The first-order valence-corrected chi connectivity index (χ1v) is 9.26. The van der Waals surface area contributed by atoms with E-state index in [1.54, 1.807) is 17.8 Å². The number of aromatic nitrogens is 4. The fraction of sp³-hybridized carbons (Fsp3) is 0.368. The van der Waals surface area contributed by atoms with Gasteiger partial charge in [0.2, 0.25) is 5.95 Å². The third-order valence-corrected chi connectivity index (χ3v) is 4.31. The molecule has 9 nitrogen and oxygen atoms in total. The van der Waals surface area contributed by atoms with Crippen LogP contribution in [0.1, 0.15) is 32.3 Å². The van der Waals surface area contributed by atoms with Crippen LogP contribution in [0, 0.1) is 0 Å². The van der Waals surface area contributed by atoms with Crippen LogP contribution in [0.4, 0.5) is 5.95 Å². The van der Waals surface area contributed by atoms with Gasteiger partial charge >= 0.3 is 5.69 Å². The van der Waals surface area contributed by atoms with Gasteiger partial charge in [0, 0.05) is 13.6 Å². The molecule has 2 heterocycles. The van der Waals surface area contributed by atoms with Crippen molar-refractivity contribution in [2.45, 2.75) is 33.2 Å². The summed E-state index contributed by atoms with van der Waals surface area (Å²) in [7, 11) is 1.57. The molecule has 9 heteroatoms. The van der Waals surface area contributed by atoms with Gasteiger partial charge in [-0.3, -0.25) is 14.3 Å². The summed E-state index contributed by atoms with van der Waals surface area (Å²) in [6, 6.07) is 7.53. The van der Waals surface area contributed by atoms with Crippen molar-refractivity contribution in [1.82, 2.24) is 19.1 Å². The number of hydrazone groups is 1. The summed E-state index contributed by atoms with van der Waals surface area (Å²) in [6.45, 7) is 5.21. The second-order valence-corrected chi connectivity index (χ2v) is 6.30. The van der Waals surface area contributed by atoms with Crippen LogP contribution in [0.15, 0.2) is 39.0 Å². The monoisotopic (exact) mass is 384 g/mol. The molecule has 0 aliphatic heterocycles. The highest BCUT2D eigenvalue weighted by molar-refractivity contribution is 5.80. The summed E-state index contributed by atoms with van der Waals surface area (Å²) < 4.78 is 8.50. The number of ether oxygens (including phenoxy) is 1. The van der Waals surface area contributed by atoms with E-state index in [2.05, 4.69) is 27.4 Å². The van der Waals surface area contributed by atoms with E-state index in [0.29, 0.717) is 30.3 Å². The number of unbranched alkanes of at least 4 members (excludes halogenated alkanes) is 1. The lowest BCUT2D eigenvalue weighted by Gasteiger charge is -2.07. The van der Waals surface area contributed by atoms with Crippen LogP contribution >= 0.6 is 0 Å². The third-order valence-electron chi connectivity index (χ3n) is 4.31. The van der Waals surface area contributed by atoms with E-state index >= 15 is 0 Å². The van der Waals surface area contributed by atoms with Gasteiger partial charge in [0.05, 0.1) is 12.8 Å². The second kappa shape index (κ2) is 8.55. The molecule has 2 aromatic heterocycles. The Morgan fingerprint density at radius 3 is 2.68 bits per heavy atom. The maximum Gasteiger partial charge on any atom is 0.329 e. The maximum absolute atomic E-state index is 12.3. The Morgan fingerprint density at radius 2 is 2.00 bits per heavy atom.